The Labute approximate surface area is 89.0 Å². The first-order chi connectivity index (χ1) is 7.29. The van der Waals surface area contributed by atoms with Gasteiger partial charge in [-0.3, -0.25) is 0 Å². The molecule has 1 heterocycles. The normalized spacial score (nSPS) is 12.4. The first-order valence-electron chi connectivity index (χ1n) is 4.87. The van der Waals surface area contributed by atoms with Gasteiger partial charge in [-0.2, -0.15) is 10.2 Å². The number of aromatic nitrogens is 2. The summed E-state index contributed by atoms with van der Waals surface area (Å²) in [6.07, 6.45) is 3.37. The van der Waals surface area contributed by atoms with Crippen LogP contribution in [-0.4, -0.2) is 10.2 Å². The van der Waals surface area contributed by atoms with Crippen LogP contribution in [0.25, 0.3) is 0 Å². The second-order valence-corrected chi connectivity index (χ2v) is 3.51. The summed E-state index contributed by atoms with van der Waals surface area (Å²) in [5.74, 6) is 0. The van der Waals surface area contributed by atoms with Crippen molar-refractivity contribution in [1.29, 1.82) is 0 Å². The van der Waals surface area contributed by atoms with E-state index in [1.165, 1.54) is 5.56 Å². The van der Waals surface area contributed by atoms with Crippen molar-refractivity contribution in [2.24, 2.45) is 5.73 Å². The maximum absolute atomic E-state index is 6.15. The molecule has 0 saturated heterocycles. The van der Waals surface area contributed by atoms with E-state index in [2.05, 4.69) is 23.2 Å². The van der Waals surface area contributed by atoms with Crippen molar-refractivity contribution in [2.75, 3.05) is 0 Å². The van der Waals surface area contributed by atoms with Gasteiger partial charge >= 0.3 is 0 Å². The second kappa shape index (κ2) is 4.19. The molecule has 0 saturated carbocycles. The molecule has 0 radical (unpaired) electrons. The molecule has 1 aromatic heterocycles. The van der Waals surface area contributed by atoms with Gasteiger partial charge in [-0.15, -0.1) is 0 Å². The summed E-state index contributed by atoms with van der Waals surface area (Å²) in [5, 5.41) is 7.57. The molecule has 0 amide bonds. The highest BCUT2D eigenvalue weighted by Gasteiger charge is 2.10. The van der Waals surface area contributed by atoms with E-state index in [1.807, 2.05) is 24.3 Å². The Kier molecular flexibility index (Phi) is 2.74. The van der Waals surface area contributed by atoms with Crippen LogP contribution < -0.4 is 5.73 Å². The number of hydrogen-bond donors (Lipinski definition) is 1. The van der Waals surface area contributed by atoms with E-state index in [9.17, 15) is 0 Å². The van der Waals surface area contributed by atoms with E-state index in [0.29, 0.717) is 0 Å². The van der Waals surface area contributed by atoms with Gasteiger partial charge in [0.2, 0.25) is 0 Å². The maximum Gasteiger partial charge on any atom is 0.0570 e. The number of rotatable bonds is 2. The van der Waals surface area contributed by atoms with E-state index in [1.54, 1.807) is 12.4 Å². The number of aryl methyl sites for hydroxylation is 1. The first kappa shape index (κ1) is 9.80. The Morgan fingerprint density at radius 1 is 1.13 bits per heavy atom. The lowest BCUT2D eigenvalue weighted by Gasteiger charge is -2.13. The van der Waals surface area contributed by atoms with E-state index in [-0.39, 0.29) is 6.04 Å². The third-order valence-corrected chi connectivity index (χ3v) is 2.49. The summed E-state index contributed by atoms with van der Waals surface area (Å²) >= 11 is 0. The Hall–Kier alpha value is -1.74. The Balaban J connectivity index is 2.37. The summed E-state index contributed by atoms with van der Waals surface area (Å²) in [6.45, 7) is 2.06. The number of nitrogens with two attached hydrogens (primary N) is 1. The molecule has 15 heavy (non-hydrogen) atoms. The Morgan fingerprint density at radius 2 is 1.93 bits per heavy atom. The SMILES string of the molecule is Cc1ccccc1C(N)c1ccnnc1. The predicted molar refractivity (Wildman–Crippen MR) is 59.2 cm³/mol. The van der Waals surface area contributed by atoms with Gasteiger partial charge in [0.05, 0.1) is 12.2 Å². The fraction of sp³-hybridized carbons (Fsp3) is 0.167. The lowest BCUT2D eigenvalue weighted by molar-refractivity contribution is 0.838. The first-order valence-corrected chi connectivity index (χ1v) is 4.87. The average molecular weight is 199 g/mol. The summed E-state index contributed by atoms with van der Waals surface area (Å²) in [7, 11) is 0. The Morgan fingerprint density at radius 3 is 2.60 bits per heavy atom. The zero-order valence-corrected chi connectivity index (χ0v) is 8.59. The lowest BCUT2D eigenvalue weighted by atomic mass is 9.97. The smallest absolute Gasteiger partial charge is 0.0570 e. The second-order valence-electron chi connectivity index (χ2n) is 3.51. The zero-order chi connectivity index (χ0) is 10.7. The molecule has 2 rings (SSSR count). The number of hydrogen-bond acceptors (Lipinski definition) is 3. The molecule has 2 aromatic rings. The van der Waals surface area contributed by atoms with E-state index < -0.39 is 0 Å². The van der Waals surface area contributed by atoms with E-state index >= 15 is 0 Å². The van der Waals surface area contributed by atoms with Crippen LogP contribution in [0.5, 0.6) is 0 Å². The summed E-state index contributed by atoms with van der Waals surface area (Å²) in [4.78, 5) is 0. The van der Waals surface area contributed by atoms with Crippen molar-refractivity contribution in [3.05, 3.63) is 59.4 Å². The van der Waals surface area contributed by atoms with Crippen LogP contribution in [0.1, 0.15) is 22.7 Å². The van der Waals surface area contributed by atoms with Crippen LogP contribution in [-0.2, 0) is 0 Å². The lowest BCUT2D eigenvalue weighted by Crippen LogP contribution is -2.13. The largest absolute Gasteiger partial charge is 0.320 e. The van der Waals surface area contributed by atoms with Crippen LogP contribution in [0.4, 0.5) is 0 Å². The molecular formula is C12H13N3. The van der Waals surface area contributed by atoms with Crippen LogP contribution in [0.2, 0.25) is 0 Å². The molecule has 0 aliphatic heterocycles. The zero-order valence-electron chi connectivity index (χ0n) is 8.59. The highest BCUT2D eigenvalue weighted by atomic mass is 15.1. The molecule has 0 bridgehead atoms. The molecule has 1 atom stereocenters. The van der Waals surface area contributed by atoms with Crippen molar-refractivity contribution >= 4 is 0 Å². The van der Waals surface area contributed by atoms with Crippen molar-refractivity contribution in [3.63, 3.8) is 0 Å². The highest BCUT2D eigenvalue weighted by Crippen LogP contribution is 2.20. The van der Waals surface area contributed by atoms with Gasteiger partial charge in [0, 0.05) is 6.20 Å². The van der Waals surface area contributed by atoms with Gasteiger partial charge in [0.15, 0.2) is 0 Å². The molecule has 3 nitrogen and oxygen atoms in total. The highest BCUT2D eigenvalue weighted by molar-refractivity contribution is 5.34. The van der Waals surface area contributed by atoms with Crippen LogP contribution in [0, 0.1) is 6.92 Å². The maximum atomic E-state index is 6.15. The van der Waals surface area contributed by atoms with E-state index in [0.717, 1.165) is 11.1 Å². The number of nitrogens with zero attached hydrogens (tertiary/aromatic N) is 2. The summed E-state index contributed by atoms with van der Waals surface area (Å²) < 4.78 is 0. The van der Waals surface area contributed by atoms with Crippen molar-refractivity contribution in [3.8, 4) is 0 Å². The standard InChI is InChI=1S/C12H13N3/c1-9-4-2-3-5-11(9)12(13)10-6-7-14-15-8-10/h2-8,12H,13H2,1H3. The third-order valence-electron chi connectivity index (χ3n) is 2.49. The topological polar surface area (TPSA) is 51.8 Å². The van der Waals surface area contributed by atoms with Crippen molar-refractivity contribution < 1.29 is 0 Å². The molecular weight excluding hydrogens is 186 g/mol. The molecule has 0 fully saturated rings. The quantitative estimate of drug-likeness (QED) is 0.802. The predicted octanol–water partition coefficient (Wildman–Crippen LogP) is 1.83. The molecule has 1 aromatic carbocycles. The average Bonchev–Trinajstić information content (AvgIpc) is 2.30. The minimum Gasteiger partial charge on any atom is -0.320 e. The number of benzene rings is 1. The molecule has 2 N–H and O–H groups in total. The minimum absolute atomic E-state index is 0.123. The van der Waals surface area contributed by atoms with Crippen LogP contribution >= 0.6 is 0 Å². The van der Waals surface area contributed by atoms with Gasteiger partial charge in [0.25, 0.3) is 0 Å². The van der Waals surface area contributed by atoms with Crippen LogP contribution in [0.3, 0.4) is 0 Å². The molecule has 76 valence electrons. The van der Waals surface area contributed by atoms with Crippen molar-refractivity contribution in [1.82, 2.24) is 10.2 Å². The fourth-order valence-corrected chi connectivity index (χ4v) is 1.60. The molecule has 0 spiro atoms. The molecule has 0 aliphatic carbocycles. The minimum atomic E-state index is -0.123. The Bertz CT molecular complexity index is 440. The molecule has 1 unspecified atom stereocenters. The summed E-state index contributed by atoms with van der Waals surface area (Å²) in [6, 6.07) is 9.88. The fourth-order valence-electron chi connectivity index (χ4n) is 1.60. The van der Waals surface area contributed by atoms with Gasteiger partial charge < -0.3 is 5.73 Å². The van der Waals surface area contributed by atoms with Crippen LogP contribution in [0.15, 0.2) is 42.7 Å². The van der Waals surface area contributed by atoms with Gasteiger partial charge in [-0.1, -0.05) is 24.3 Å². The van der Waals surface area contributed by atoms with Crippen molar-refractivity contribution in [2.45, 2.75) is 13.0 Å². The third kappa shape index (κ3) is 2.02. The van der Waals surface area contributed by atoms with Gasteiger partial charge in [-0.05, 0) is 29.7 Å². The summed E-state index contributed by atoms with van der Waals surface area (Å²) in [5.41, 5.74) is 9.46. The van der Waals surface area contributed by atoms with E-state index in [4.69, 9.17) is 5.73 Å². The molecule has 3 heteroatoms. The van der Waals surface area contributed by atoms with Gasteiger partial charge in [0.1, 0.15) is 0 Å². The van der Waals surface area contributed by atoms with Gasteiger partial charge in [-0.25, -0.2) is 0 Å². The molecule has 0 aliphatic rings. The monoisotopic (exact) mass is 199 g/mol.